The fourth-order valence-electron chi connectivity index (χ4n) is 0.758. The average Bonchev–Trinajstić information content (AvgIpc) is 2.11. The Hall–Kier alpha value is -0.250. The smallest absolute Gasteiger partial charge is 0.183 e. The highest BCUT2D eigenvalue weighted by Crippen LogP contribution is 2.09. The zero-order valence-electron chi connectivity index (χ0n) is 7.48. The molecule has 0 rings (SSSR count). The Morgan fingerprint density at radius 2 is 1.50 bits per heavy atom. The van der Waals surface area contributed by atoms with Crippen molar-refractivity contribution in [3.8, 4) is 0 Å². The van der Waals surface area contributed by atoms with Crippen LogP contribution in [0.3, 0.4) is 0 Å². The van der Waals surface area contributed by atoms with E-state index >= 15 is 0 Å². The first kappa shape index (κ1) is 13.8. The van der Waals surface area contributed by atoms with Crippen molar-refractivity contribution in [1.29, 1.82) is 0 Å². The van der Waals surface area contributed by atoms with Gasteiger partial charge in [-0.3, -0.25) is 0 Å². The first-order valence-corrected chi connectivity index (χ1v) is 5.69. The SMILES string of the molecule is CS(=O)(=O)C(O)[C@H](O)[C@@H](O)[C@H](O)CO. The molecule has 0 bridgehead atoms. The van der Waals surface area contributed by atoms with Crippen LogP contribution in [0.25, 0.3) is 0 Å². The fraction of sp³-hybridized carbons (Fsp3) is 1.00. The summed E-state index contributed by atoms with van der Waals surface area (Å²) in [6.07, 6.45) is -5.03. The van der Waals surface area contributed by atoms with Crippen molar-refractivity contribution in [3.05, 3.63) is 0 Å². The second-order valence-electron chi connectivity index (χ2n) is 2.95. The Bertz CT molecular complexity index is 261. The van der Waals surface area contributed by atoms with Crippen LogP contribution in [0.4, 0.5) is 0 Å². The number of hydrogen-bond donors (Lipinski definition) is 5. The molecule has 1 unspecified atom stereocenters. The van der Waals surface area contributed by atoms with E-state index in [-0.39, 0.29) is 0 Å². The second kappa shape index (κ2) is 5.01. The zero-order valence-corrected chi connectivity index (χ0v) is 8.29. The molecule has 0 radical (unpaired) electrons. The molecule has 86 valence electrons. The summed E-state index contributed by atoms with van der Waals surface area (Å²) in [5.41, 5.74) is -2.20. The molecule has 0 aliphatic heterocycles. The van der Waals surface area contributed by atoms with Crippen LogP contribution in [0.5, 0.6) is 0 Å². The van der Waals surface area contributed by atoms with Gasteiger partial charge in [-0.2, -0.15) is 0 Å². The first-order valence-electron chi connectivity index (χ1n) is 3.73. The van der Waals surface area contributed by atoms with E-state index in [2.05, 4.69) is 0 Å². The molecule has 0 aliphatic carbocycles. The van der Waals surface area contributed by atoms with Gasteiger partial charge < -0.3 is 25.5 Å². The Balaban J connectivity index is 4.55. The maximum atomic E-state index is 10.7. The van der Waals surface area contributed by atoms with Crippen molar-refractivity contribution in [2.45, 2.75) is 23.7 Å². The minimum Gasteiger partial charge on any atom is -0.394 e. The van der Waals surface area contributed by atoms with Crippen LogP contribution in [-0.2, 0) is 9.84 Å². The first-order chi connectivity index (χ1) is 6.21. The van der Waals surface area contributed by atoms with E-state index in [9.17, 15) is 8.42 Å². The Labute approximate surface area is 81.2 Å². The summed E-state index contributed by atoms with van der Waals surface area (Å²) in [5, 5.41) is 44.3. The lowest BCUT2D eigenvalue weighted by molar-refractivity contribution is -0.0980. The normalized spacial score (nSPS) is 21.3. The lowest BCUT2D eigenvalue weighted by Gasteiger charge is -2.24. The lowest BCUT2D eigenvalue weighted by atomic mass is 10.1. The maximum Gasteiger partial charge on any atom is 0.183 e. The van der Waals surface area contributed by atoms with Crippen LogP contribution in [0, 0.1) is 0 Å². The van der Waals surface area contributed by atoms with Gasteiger partial charge in [-0.05, 0) is 0 Å². The lowest BCUT2D eigenvalue weighted by Crippen LogP contribution is -2.48. The van der Waals surface area contributed by atoms with Crippen LogP contribution in [0.2, 0.25) is 0 Å². The topological polar surface area (TPSA) is 135 Å². The van der Waals surface area contributed by atoms with Crippen molar-refractivity contribution in [3.63, 3.8) is 0 Å². The van der Waals surface area contributed by atoms with E-state index in [1.54, 1.807) is 0 Å². The molecule has 4 atom stereocenters. The van der Waals surface area contributed by atoms with Crippen molar-refractivity contribution >= 4 is 9.84 Å². The largest absolute Gasteiger partial charge is 0.394 e. The van der Waals surface area contributed by atoms with Gasteiger partial charge in [-0.1, -0.05) is 0 Å². The molecule has 0 aromatic carbocycles. The van der Waals surface area contributed by atoms with E-state index < -0.39 is 40.2 Å². The number of sulfone groups is 1. The third-order valence-electron chi connectivity index (χ3n) is 1.66. The van der Waals surface area contributed by atoms with Crippen LogP contribution < -0.4 is 0 Å². The molecule has 14 heavy (non-hydrogen) atoms. The predicted octanol–water partition coefficient (Wildman–Crippen LogP) is -3.58. The molecule has 0 aromatic rings. The Kier molecular flexibility index (Phi) is 4.92. The summed E-state index contributed by atoms with van der Waals surface area (Å²) in [6, 6.07) is 0. The van der Waals surface area contributed by atoms with Crippen molar-refractivity contribution in [2.24, 2.45) is 0 Å². The van der Waals surface area contributed by atoms with Gasteiger partial charge in [0.25, 0.3) is 0 Å². The number of rotatable bonds is 5. The molecule has 0 aromatic heterocycles. The molecule has 0 fully saturated rings. The maximum absolute atomic E-state index is 10.7. The monoisotopic (exact) mass is 230 g/mol. The molecule has 0 heterocycles. The highest BCUT2D eigenvalue weighted by Gasteiger charge is 2.35. The molecule has 0 amide bonds. The molecule has 0 saturated carbocycles. The second-order valence-corrected chi connectivity index (χ2v) is 5.09. The van der Waals surface area contributed by atoms with Gasteiger partial charge in [0.2, 0.25) is 0 Å². The number of aliphatic hydroxyl groups excluding tert-OH is 5. The number of aliphatic hydroxyl groups is 5. The zero-order chi connectivity index (χ0) is 11.5. The molecule has 0 saturated heterocycles. The van der Waals surface area contributed by atoms with Crippen molar-refractivity contribution in [1.82, 2.24) is 0 Å². The van der Waals surface area contributed by atoms with Crippen LogP contribution in [-0.4, -0.2) is 70.6 Å². The van der Waals surface area contributed by atoms with Gasteiger partial charge in [-0.15, -0.1) is 0 Å². The van der Waals surface area contributed by atoms with Gasteiger partial charge in [0, 0.05) is 6.26 Å². The Morgan fingerprint density at radius 1 is 1.07 bits per heavy atom. The van der Waals surface area contributed by atoms with Crippen LogP contribution in [0.1, 0.15) is 0 Å². The summed E-state index contributed by atoms with van der Waals surface area (Å²) < 4.78 is 21.4. The van der Waals surface area contributed by atoms with Gasteiger partial charge in [-0.25, -0.2) is 8.42 Å². The van der Waals surface area contributed by atoms with Gasteiger partial charge in [0.1, 0.15) is 18.3 Å². The quantitative estimate of drug-likeness (QED) is 0.329. The van der Waals surface area contributed by atoms with Gasteiger partial charge in [0.05, 0.1) is 6.61 Å². The third-order valence-corrected chi connectivity index (χ3v) is 2.82. The molecule has 5 N–H and O–H groups in total. The summed E-state index contributed by atoms with van der Waals surface area (Å²) >= 11 is 0. The molecule has 0 aliphatic rings. The molecular formula is C6H14O7S. The average molecular weight is 230 g/mol. The van der Waals surface area contributed by atoms with Gasteiger partial charge >= 0.3 is 0 Å². The standard InChI is InChI=1S/C6H14O7S/c1-14(12,13)6(11)5(10)4(9)3(8)2-7/h3-11H,2H2,1H3/t3-,4+,5-,6?/m1/s1. The number of hydrogen-bond acceptors (Lipinski definition) is 7. The van der Waals surface area contributed by atoms with Crippen molar-refractivity contribution < 1.29 is 34.0 Å². The van der Waals surface area contributed by atoms with E-state index in [0.29, 0.717) is 6.26 Å². The highest BCUT2D eigenvalue weighted by atomic mass is 32.2. The minimum atomic E-state index is -3.94. The summed E-state index contributed by atoms with van der Waals surface area (Å²) in [4.78, 5) is 0. The van der Waals surface area contributed by atoms with E-state index in [1.165, 1.54) is 0 Å². The Morgan fingerprint density at radius 3 is 1.79 bits per heavy atom. The third kappa shape index (κ3) is 3.48. The van der Waals surface area contributed by atoms with Crippen LogP contribution >= 0.6 is 0 Å². The molecule has 7 nitrogen and oxygen atoms in total. The summed E-state index contributed by atoms with van der Waals surface area (Å²) in [7, 11) is -3.94. The molecule has 0 spiro atoms. The highest BCUT2D eigenvalue weighted by molar-refractivity contribution is 7.91. The molecule has 8 heteroatoms. The minimum absolute atomic E-state index is 0.666. The van der Waals surface area contributed by atoms with E-state index in [0.717, 1.165) is 0 Å². The summed E-state index contributed by atoms with van der Waals surface area (Å²) in [6.45, 7) is -0.852. The summed E-state index contributed by atoms with van der Waals surface area (Å²) in [5.74, 6) is 0. The molecular weight excluding hydrogens is 216 g/mol. The van der Waals surface area contributed by atoms with Gasteiger partial charge in [0.15, 0.2) is 15.3 Å². The predicted molar refractivity (Wildman–Crippen MR) is 46.0 cm³/mol. The van der Waals surface area contributed by atoms with E-state index in [4.69, 9.17) is 25.5 Å². The fourth-order valence-corrected chi connectivity index (χ4v) is 1.43. The van der Waals surface area contributed by atoms with Crippen LogP contribution in [0.15, 0.2) is 0 Å². The van der Waals surface area contributed by atoms with Crippen molar-refractivity contribution in [2.75, 3.05) is 12.9 Å². The van der Waals surface area contributed by atoms with E-state index in [1.807, 2.05) is 0 Å².